The van der Waals surface area contributed by atoms with Gasteiger partial charge in [-0.3, -0.25) is 0 Å². The lowest BCUT2D eigenvalue weighted by molar-refractivity contribution is 0.415. The summed E-state index contributed by atoms with van der Waals surface area (Å²) in [5.41, 5.74) is 1.94. The van der Waals surface area contributed by atoms with E-state index in [9.17, 15) is 4.39 Å². The van der Waals surface area contributed by atoms with Crippen molar-refractivity contribution in [2.75, 3.05) is 48.4 Å². The Balaban J connectivity index is 1.41. The van der Waals surface area contributed by atoms with Crippen molar-refractivity contribution in [3.05, 3.63) is 66.6 Å². The Bertz CT molecular complexity index is 926. The van der Waals surface area contributed by atoms with E-state index in [0.717, 1.165) is 49.1 Å². The highest BCUT2D eigenvalue weighted by Gasteiger charge is 2.19. The van der Waals surface area contributed by atoms with Crippen molar-refractivity contribution in [3.8, 4) is 5.75 Å². The second-order valence-electron chi connectivity index (χ2n) is 6.55. The van der Waals surface area contributed by atoms with E-state index in [1.165, 1.54) is 12.1 Å². The molecule has 4 rings (SSSR count). The number of benzene rings is 2. The molecule has 0 saturated carbocycles. The molecule has 1 aliphatic rings. The van der Waals surface area contributed by atoms with E-state index in [1.54, 1.807) is 13.3 Å². The van der Waals surface area contributed by atoms with Crippen LogP contribution in [0.3, 0.4) is 0 Å². The third-order valence-electron chi connectivity index (χ3n) is 4.74. The van der Waals surface area contributed by atoms with Crippen molar-refractivity contribution < 1.29 is 9.13 Å². The minimum atomic E-state index is -0.212. The first-order valence-corrected chi connectivity index (χ1v) is 9.21. The van der Waals surface area contributed by atoms with E-state index >= 15 is 0 Å². The lowest BCUT2D eigenvalue weighted by Crippen LogP contribution is -2.47. The van der Waals surface area contributed by atoms with E-state index in [0.29, 0.717) is 5.95 Å². The zero-order valence-corrected chi connectivity index (χ0v) is 15.7. The minimum absolute atomic E-state index is 0.212. The molecule has 0 unspecified atom stereocenters. The van der Waals surface area contributed by atoms with Gasteiger partial charge in [0.2, 0.25) is 5.95 Å². The maximum atomic E-state index is 13.1. The molecule has 6 nitrogen and oxygen atoms in total. The Kier molecular flexibility index (Phi) is 5.23. The van der Waals surface area contributed by atoms with Crippen LogP contribution in [-0.4, -0.2) is 43.3 Å². The molecule has 144 valence electrons. The highest BCUT2D eigenvalue weighted by Crippen LogP contribution is 2.22. The van der Waals surface area contributed by atoms with Gasteiger partial charge in [-0.25, -0.2) is 9.37 Å². The Morgan fingerprint density at radius 3 is 2.46 bits per heavy atom. The van der Waals surface area contributed by atoms with Gasteiger partial charge in [0.1, 0.15) is 17.4 Å². The van der Waals surface area contributed by atoms with Crippen LogP contribution < -0.4 is 19.9 Å². The summed E-state index contributed by atoms with van der Waals surface area (Å²) >= 11 is 0. The van der Waals surface area contributed by atoms with Crippen LogP contribution in [0.2, 0.25) is 0 Å². The minimum Gasteiger partial charge on any atom is -0.497 e. The van der Waals surface area contributed by atoms with E-state index < -0.39 is 0 Å². The van der Waals surface area contributed by atoms with Gasteiger partial charge >= 0.3 is 0 Å². The van der Waals surface area contributed by atoms with E-state index in [2.05, 4.69) is 25.1 Å². The Labute approximate surface area is 163 Å². The van der Waals surface area contributed by atoms with Gasteiger partial charge in [0.05, 0.1) is 7.11 Å². The molecule has 0 bridgehead atoms. The second kappa shape index (κ2) is 8.12. The van der Waals surface area contributed by atoms with Gasteiger partial charge in [0.25, 0.3) is 0 Å². The molecule has 0 aliphatic carbocycles. The molecule has 1 aliphatic heterocycles. The van der Waals surface area contributed by atoms with Gasteiger partial charge in [-0.15, -0.1) is 0 Å². The number of halogens is 1. The van der Waals surface area contributed by atoms with Crippen molar-refractivity contribution in [2.24, 2.45) is 0 Å². The maximum Gasteiger partial charge on any atom is 0.227 e. The van der Waals surface area contributed by atoms with Crippen LogP contribution in [0.1, 0.15) is 0 Å². The Morgan fingerprint density at radius 1 is 0.964 bits per heavy atom. The number of piperazine rings is 1. The summed E-state index contributed by atoms with van der Waals surface area (Å²) in [6.45, 7) is 3.28. The third kappa shape index (κ3) is 4.14. The smallest absolute Gasteiger partial charge is 0.227 e. The van der Waals surface area contributed by atoms with Gasteiger partial charge in [0.15, 0.2) is 0 Å². The van der Waals surface area contributed by atoms with Gasteiger partial charge in [-0.1, -0.05) is 6.07 Å². The molecule has 0 radical (unpaired) electrons. The van der Waals surface area contributed by atoms with Crippen LogP contribution in [-0.2, 0) is 0 Å². The molecule has 28 heavy (non-hydrogen) atoms. The normalized spacial score (nSPS) is 14.1. The summed E-state index contributed by atoms with van der Waals surface area (Å²) < 4.78 is 18.4. The monoisotopic (exact) mass is 379 g/mol. The fourth-order valence-corrected chi connectivity index (χ4v) is 3.24. The predicted octanol–water partition coefficient (Wildman–Crippen LogP) is 3.69. The topological polar surface area (TPSA) is 53.5 Å². The van der Waals surface area contributed by atoms with Crippen LogP contribution in [0, 0.1) is 5.82 Å². The van der Waals surface area contributed by atoms with E-state index in [4.69, 9.17) is 4.74 Å². The quantitative estimate of drug-likeness (QED) is 0.730. The first-order chi connectivity index (χ1) is 13.7. The fourth-order valence-electron chi connectivity index (χ4n) is 3.24. The Hall–Kier alpha value is -3.35. The summed E-state index contributed by atoms with van der Waals surface area (Å²) in [4.78, 5) is 13.5. The highest BCUT2D eigenvalue weighted by atomic mass is 19.1. The summed E-state index contributed by atoms with van der Waals surface area (Å²) in [6, 6.07) is 16.2. The van der Waals surface area contributed by atoms with E-state index in [1.807, 2.05) is 42.5 Å². The molecule has 1 N–H and O–H groups in total. The Morgan fingerprint density at radius 2 is 1.71 bits per heavy atom. The zero-order valence-electron chi connectivity index (χ0n) is 15.7. The van der Waals surface area contributed by atoms with Gasteiger partial charge in [-0.05, 0) is 42.5 Å². The van der Waals surface area contributed by atoms with Gasteiger partial charge in [0, 0.05) is 49.8 Å². The molecule has 1 fully saturated rings. The molecule has 1 saturated heterocycles. The average Bonchev–Trinajstić information content (AvgIpc) is 2.75. The number of aromatic nitrogens is 2. The van der Waals surface area contributed by atoms with Crippen LogP contribution in [0.15, 0.2) is 60.8 Å². The van der Waals surface area contributed by atoms with Crippen molar-refractivity contribution in [2.45, 2.75) is 0 Å². The van der Waals surface area contributed by atoms with E-state index in [-0.39, 0.29) is 5.82 Å². The molecule has 1 aromatic heterocycles. The van der Waals surface area contributed by atoms with Crippen molar-refractivity contribution in [1.29, 1.82) is 0 Å². The SMILES string of the molecule is COc1cccc(Nc2ccnc(N3CCN(c4ccc(F)cc4)CC3)n2)c1. The van der Waals surface area contributed by atoms with Crippen LogP contribution in [0.5, 0.6) is 5.75 Å². The second-order valence-corrected chi connectivity index (χ2v) is 6.55. The van der Waals surface area contributed by atoms with Gasteiger partial charge in [-0.2, -0.15) is 4.98 Å². The maximum absolute atomic E-state index is 13.1. The predicted molar refractivity (Wildman–Crippen MR) is 109 cm³/mol. The molecular formula is C21H22FN5O. The highest BCUT2D eigenvalue weighted by molar-refractivity contribution is 5.59. The lowest BCUT2D eigenvalue weighted by atomic mass is 10.2. The number of hydrogen-bond donors (Lipinski definition) is 1. The largest absolute Gasteiger partial charge is 0.497 e. The van der Waals surface area contributed by atoms with Crippen molar-refractivity contribution in [1.82, 2.24) is 9.97 Å². The summed E-state index contributed by atoms with van der Waals surface area (Å²) in [6.07, 6.45) is 1.76. The summed E-state index contributed by atoms with van der Waals surface area (Å²) in [7, 11) is 1.65. The van der Waals surface area contributed by atoms with Crippen molar-refractivity contribution in [3.63, 3.8) is 0 Å². The number of hydrogen-bond acceptors (Lipinski definition) is 6. The van der Waals surface area contributed by atoms with Crippen LogP contribution in [0.25, 0.3) is 0 Å². The molecule has 0 spiro atoms. The molecule has 7 heteroatoms. The number of nitrogens with zero attached hydrogens (tertiary/aromatic N) is 4. The standard InChI is InChI=1S/C21H22FN5O/c1-28-19-4-2-3-17(15-19)24-20-9-10-23-21(25-20)27-13-11-26(12-14-27)18-7-5-16(22)6-8-18/h2-10,15H,11-14H2,1H3,(H,23,24,25). The lowest BCUT2D eigenvalue weighted by Gasteiger charge is -2.36. The number of nitrogens with one attached hydrogen (secondary N) is 1. The van der Waals surface area contributed by atoms with Crippen LogP contribution >= 0.6 is 0 Å². The zero-order chi connectivity index (χ0) is 19.3. The number of methoxy groups -OCH3 is 1. The molecule has 2 aromatic carbocycles. The molecule has 0 amide bonds. The number of rotatable bonds is 5. The summed E-state index contributed by atoms with van der Waals surface area (Å²) in [5, 5.41) is 3.29. The molecule has 3 aromatic rings. The number of ether oxygens (including phenoxy) is 1. The van der Waals surface area contributed by atoms with Crippen molar-refractivity contribution >= 4 is 23.1 Å². The van der Waals surface area contributed by atoms with Crippen LogP contribution in [0.4, 0.5) is 27.5 Å². The molecular weight excluding hydrogens is 357 g/mol. The summed E-state index contributed by atoms with van der Waals surface area (Å²) in [5.74, 6) is 2.01. The molecule has 0 atom stereocenters. The molecule has 2 heterocycles. The number of anilines is 4. The average molecular weight is 379 g/mol. The van der Waals surface area contributed by atoms with Gasteiger partial charge < -0.3 is 19.9 Å². The first kappa shape index (κ1) is 18.0. The first-order valence-electron chi connectivity index (χ1n) is 9.21. The third-order valence-corrected chi connectivity index (χ3v) is 4.74. The fraction of sp³-hybridized carbons (Fsp3) is 0.238.